The fourth-order valence-electron chi connectivity index (χ4n) is 3.65. The third-order valence-corrected chi connectivity index (χ3v) is 6.52. The molecule has 1 aromatic carbocycles. The molecule has 28 heavy (non-hydrogen) atoms. The molecule has 4 nitrogen and oxygen atoms in total. The van der Waals surface area contributed by atoms with Gasteiger partial charge in [0.1, 0.15) is 5.60 Å². The average molecular weight is 447 g/mol. The molecule has 1 aromatic rings. The predicted molar refractivity (Wildman–Crippen MR) is 113 cm³/mol. The van der Waals surface area contributed by atoms with Crippen molar-refractivity contribution in [3.63, 3.8) is 0 Å². The van der Waals surface area contributed by atoms with Gasteiger partial charge in [0.2, 0.25) is 0 Å². The standard InChI is InChI=1S/C23H27BrO4/c1-5-27-20(26)22(13-14-22)23(24)12-11-17(16-9-7-6-8-10-16)18(15-23)19(25)28-21(2,3)4/h6-12H,5,13-15H2,1-4H3. The molecule has 0 spiro atoms. The Kier molecular flexibility index (Phi) is 5.59. The van der Waals surface area contributed by atoms with Gasteiger partial charge in [-0.3, -0.25) is 4.79 Å². The molecule has 1 atom stereocenters. The highest BCUT2D eigenvalue weighted by Gasteiger charge is 2.64. The van der Waals surface area contributed by atoms with E-state index in [0.717, 1.165) is 24.0 Å². The number of alkyl halides is 1. The number of benzene rings is 1. The Balaban J connectivity index is 2.01. The zero-order valence-electron chi connectivity index (χ0n) is 16.9. The van der Waals surface area contributed by atoms with E-state index in [1.807, 2.05) is 70.2 Å². The molecule has 0 amide bonds. The molecular formula is C23H27BrO4. The molecular weight excluding hydrogens is 420 g/mol. The van der Waals surface area contributed by atoms with Gasteiger partial charge in [0.15, 0.2) is 0 Å². The zero-order chi connectivity index (χ0) is 20.6. The van der Waals surface area contributed by atoms with E-state index < -0.39 is 15.3 Å². The van der Waals surface area contributed by atoms with Gasteiger partial charge in [-0.25, -0.2) is 4.79 Å². The van der Waals surface area contributed by atoms with Gasteiger partial charge >= 0.3 is 11.9 Å². The summed E-state index contributed by atoms with van der Waals surface area (Å²) < 4.78 is 10.4. The highest BCUT2D eigenvalue weighted by molar-refractivity contribution is 9.10. The van der Waals surface area contributed by atoms with E-state index in [1.54, 1.807) is 0 Å². The second-order valence-electron chi connectivity index (χ2n) is 8.44. The normalized spacial score (nSPS) is 23.3. The smallest absolute Gasteiger partial charge is 0.335 e. The van der Waals surface area contributed by atoms with Gasteiger partial charge in [0.05, 0.1) is 16.3 Å². The summed E-state index contributed by atoms with van der Waals surface area (Å²) in [5, 5.41) is 0. The molecule has 0 bridgehead atoms. The van der Waals surface area contributed by atoms with Gasteiger partial charge in [-0.15, -0.1) is 0 Å². The lowest BCUT2D eigenvalue weighted by Crippen LogP contribution is -2.41. The Morgan fingerprint density at radius 2 is 1.79 bits per heavy atom. The van der Waals surface area contributed by atoms with Gasteiger partial charge in [0.25, 0.3) is 0 Å². The molecule has 150 valence electrons. The van der Waals surface area contributed by atoms with Crippen LogP contribution < -0.4 is 0 Å². The van der Waals surface area contributed by atoms with Gasteiger partial charge in [-0.1, -0.05) is 58.4 Å². The molecule has 2 aliphatic carbocycles. The lowest BCUT2D eigenvalue weighted by Gasteiger charge is -2.36. The monoisotopic (exact) mass is 446 g/mol. The molecule has 1 fully saturated rings. The minimum atomic E-state index is -0.656. The number of carbonyl (C=O) groups excluding carboxylic acids is 2. The number of allylic oxidation sites excluding steroid dienone is 3. The van der Waals surface area contributed by atoms with Gasteiger partial charge in [0, 0.05) is 12.0 Å². The van der Waals surface area contributed by atoms with Crippen molar-refractivity contribution in [2.75, 3.05) is 6.61 Å². The lowest BCUT2D eigenvalue weighted by molar-refractivity contribution is -0.152. The number of ether oxygens (including phenoxy) is 2. The molecule has 5 heteroatoms. The van der Waals surface area contributed by atoms with Crippen LogP contribution in [-0.2, 0) is 19.1 Å². The second kappa shape index (κ2) is 7.51. The van der Waals surface area contributed by atoms with Crippen molar-refractivity contribution in [1.82, 2.24) is 0 Å². The number of hydrogen-bond acceptors (Lipinski definition) is 4. The quantitative estimate of drug-likeness (QED) is 0.459. The summed E-state index contributed by atoms with van der Waals surface area (Å²) >= 11 is 3.81. The number of esters is 2. The second-order valence-corrected chi connectivity index (χ2v) is 9.85. The maximum absolute atomic E-state index is 13.1. The maximum atomic E-state index is 13.1. The summed E-state index contributed by atoms with van der Waals surface area (Å²) in [6.07, 6.45) is 5.80. The summed E-state index contributed by atoms with van der Waals surface area (Å²) in [4.78, 5) is 25.7. The number of halogens is 1. The first kappa shape index (κ1) is 20.8. The molecule has 3 rings (SSSR count). The lowest BCUT2D eigenvalue weighted by atomic mass is 9.77. The minimum Gasteiger partial charge on any atom is -0.466 e. The van der Waals surface area contributed by atoms with E-state index in [2.05, 4.69) is 15.9 Å². The van der Waals surface area contributed by atoms with Crippen LogP contribution in [0.15, 0.2) is 48.1 Å². The molecule has 1 saturated carbocycles. The highest BCUT2D eigenvalue weighted by atomic mass is 79.9. The fourth-order valence-corrected chi connectivity index (χ4v) is 4.62. The van der Waals surface area contributed by atoms with Crippen molar-refractivity contribution in [2.45, 2.75) is 56.9 Å². The number of hydrogen-bond donors (Lipinski definition) is 0. The van der Waals surface area contributed by atoms with Gasteiger partial charge < -0.3 is 9.47 Å². The highest BCUT2D eigenvalue weighted by Crippen LogP contribution is 2.63. The SMILES string of the molecule is CCOC(=O)C1(C2(Br)C=CC(c3ccccc3)=C(C(=O)OC(C)(C)C)C2)CC1. The summed E-state index contributed by atoms with van der Waals surface area (Å²) in [6, 6.07) is 9.78. The van der Waals surface area contributed by atoms with E-state index in [-0.39, 0.29) is 11.9 Å². The van der Waals surface area contributed by atoms with Crippen LogP contribution in [0.4, 0.5) is 0 Å². The van der Waals surface area contributed by atoms with Crippen molar-refractivity contribution in [3.8, 4) is 0 Å². The van der Waals surface area contributed by atoms with E-state index in [4.69, 9.17) is 9.47 Å². The minimum absolute atomic E-state index is 0.205. The van der Waals surface area contributed by atoms with Crippen LogP contribution in [0, 0.1) is 5.41 Å². The Labute approximate surface area is 175 Å². The summed E-state index contributed by atoms with van der Waals surface area (Å²) in [7, 11) is 0. The van der Waals surface area contributed by atoms with Crippen molar-refractivity contribution in [1.29, 1.82) is 0 Å². The number of rotatable bonds is 5. The van der Waals surface area contributed by atoms with Crippen LogP contribution >= 0.6 is 15.9 Å². The van der Waals surface area contributed by atoms with Crippen LogP contribution in [-0.4, -0.2) is 28.5 Å². The largest absolute Gasteiger partial charge is 0.466 e. The molecule has 0 saturated heterocycles. The first-order chi connectivity index (χ1) is 13.1. The summed E-state index contributed by atoms with van der Waals surface area (Å²) in [5.41, 5.74) is 1.14. The molecule has 0 N–H and O–H groups in total. The predicted octanol–water partition coefficient (Wildman–Crippen LogP) is 5.22. The van der Waals surface area contributed by atoms with E-state index in [1.165, 1.54) is 0 Å². The van der Waals surface area contributed by atoms with Crippen LogP contribution in [0.25, 0.3) is 5.57 Å². The Morgan fingerprint density at radius 3 is 2.32 bits per heavy atom. The first-order valence-corrected chi connectivity index (χ1v) is 10.5. The van der Waals surface area contributed by atoms with Crippen LogP contribution in [0.5, 0.6) is 0 Å². The summed E-state index contributed by atoms with van der Waals surface area (Å²) in [5.74, 6) is -0.553. The third kappa shape index (κ3) is 3.95. The molecule has 2 aliphatic rings. The van der Waals surface area contributed by atoms with Crippen LogP contribution in [0.3, 0.4) is 0 Å². The molecule has 1 unspecified atom stereocenters. The van der Waals surface area contributed by atoms with Crippen LogP contribution in [0.2, 0.25) is 0 Å². The van der Waals surface area contributed by atoms with Crippen LogP contribution in [0.1, 0.15) is 52.5 Å². The van der Waals surface area contributed by atoms with Gasteiger partial charge in [-0.05, 0) is 51.7 Å². The summed E-state index contributed by atoms with van der Waals surface area (Å²) in [6.45, 7) is 7.72. The first-order valence-electron chi connectivity index (χ1n) is 9.69. The maximum Gasteiger partial charge on any atom is 0.335 e. The molecule has 0 heterocycles. The molecule has 0 aliphatic heterocycles. The van der Waals surface area contributed by atoms with Crippen molar-refractivity contribution >= 4 is 33.4 Å². The van der Waals surface area contributed by atoms with E-state index >= 15 is 0 Å². The van der Waals surface area contributed by atoms with Gasteiger partial charge in [-0.2, -0.15) is 0 Å². The molecule has 0 aromatic heterocycles. The topological polar surface area (TPSA) is 52.6 Å². The van der Waals surface area contributed by atoms with E-state index in [0.29, 0.717) is 18.6 Å². The van der Waals surface area contributed by atoms with Crippen molar-refractivity contribution in [3.05, 3.63) is 53.6 Å². The van der Waals surface area contributed by atoms with Crippen molar-refractivity contribution < 1.29 is 19.1 Å². The number of carbonyl (C=O) groups is 2. The average Bonchev–Trinajstić information content (AvgIpc) is 3.44. The molecule has 0 radical (unpaired) electrons. The fraction of sp³-hybridized carbons (Fsp3) is 0.478. The van der Waals surface area contributed by atoms with E-state index in [9.17, 15) is 9.59 Å². The Bertz CT molecular complexity index is 828. The Morgan fingerprint density at radius 1 is 1.14 bits per heavy atom. The van der Waals surface area contributed by atoms with Crippen molar-refractivity contribution in [2.24, 2.45) is 5.41 Å². The Hall–Kier alpha value is -1.88. The third-order valence-electron chi connectivity index (χ3n) is 5.22. The zero-order valence-corrected chi connectivity index (χ0v) is 18.5.